The third kappa shape index (κ3) is 3.77. The van der Waals surface area contributed by atoms with Gasteiger partial charge in [0, 0.05) is 59.5 Å². The van der Waals surface area contributed by atoms with Crippen LogP contribution in [0.1, 0.15) is 40.9 Å². The van der Waals surface area contributed by atoms with Crippen LogP contribution in [0.2, 0.25) is 0 Å². The highest BCUT2D eigenvalue weighted by atomic mass is 16.7. The van der Waals surface area contributed by atoms with Crippen LogP contribution in [0.4, 0.5) is 0 Å². The number of morpholine rings is 1. The fourth-order valence-corrected chi connectivity index (χ4v) is 5.88. The lowest BCUT2D eigenvalue weighted by molar-refractivity contribution is -0.141. The number of oxime groups is 1. The molecule has 2 aliphatic rings. The Hall–Kier alpha value is -3.81. The van der Waals surface area contributed by atoms with E-state index in [4.69, 9.17) is 9.57 Å². The van der Waals surface area contributed by atoms with Gasteiger partial charge in [-0.05, 0) is 37.6 Å². The summed E-state index contributed by atoms with van der Waals surface area (Å²) in [7, 11) is 0. The van der Waals surface area contributed by atoms with Crippen LogP contribution in [0.5, 0.6) is 0 Å². The van der Waals surface area contributed by atoms with Crippen LogP contribution < -0.4 is 0 Å². The maximum absolute atomic E-state index is 13.4. The zero-order valence-electron chi connectivity index (χ0n) is 21.3. The number of benzene rings is 3. The Morgan fingerprint density at radius 2 is 1.78 bits per heavy atom. The lowest BCUT2D eigenvalue weighted by atomic mass is 9.84. The van der Waals surface area contributed by atoms with Crippen molar-refractivity contribution in [3.8, 4) is 0 Å². The number of carbonyl (C=O) groups is 2. The van der Waals surface area contributed by atoms with Crippen molar-refractivity contribution in [2.24, 2.45) is 5.16 Å². The van der Waals surface area contributed by atoms with Crippen LogP contribution in [0.3, 0.4) is 0 Å². The van der Waals surface area contributed by atoms with Gasteiger partial charge >= 0.3 is 5.97 Å². The third-order valence-electron chi connectivity index (χ3n) is 7.74. The Balaban J connectivity index is 1.55. The van der Waals surface area contributed by atoms with Gasteiger partial charge in [-0.25, -0.2) is 4.79 Å². The van der Waals surface area contributed by atoms with E-state index in [1.54, 1.807) is 0 Å². The molecule has 0 bridgehead atoms. The van der Waals surface area contributed by atoms with Crippen molar-refractivity contribution in [2.75, 3.05) is 26.3 Å². The van der Waals surface area contributed by atoms with Crippen molar-refractivity contribution < 1.29 is 19.2 Å². The SMILES string of the molecule is CC(=O)O/N=C1/c2cccc3c4cc(C(=O)c5ccccc5C)ccc4n(c23)CC1(C)N1CCOCC1. The Morgan fingerprint density at radius 1 is 1.00 bits per heavy atom. The second-order valence-corrected chi connectivity index (χ2v) is 10.1. The molecule has 1 fully saturated rings. The first-order chi connectivity index (χ1) is 17.9. The lowest BCUT2D eigenvalue weighted by Crippen LogP contribution is -2.60. The van der Waals surface area contributed by atoms with Crippen LogP contribution in [0, 0.1) is 6.92 Å². The maximum Gasteiger partial charge on any atom is 0.331 e. The monoisotopic (exact) mass is 495 g/mol. The number of rotatable bonds is 4. The maximum atomic E-state index is 13.4. The summed E-state index contributed by atoms with van der Waals surface area (Å²) in [6, 6.07) is 19.8. The first-order valence-electron chi connectivity index (χ1n) is 12.6. The molecule has 0 N–H and O–H groups in total. The van der Waals surface area contributed by atoms with E-state index < -0.39 is 11.5 Å². The molecule has 188 valence electrons. The Bertz CT molecular complexity index is 1600. The summed E-state index contributed by atoms with van der Waals surface area (Å²) in [5.74, 6) is -0.434. The lowest BCUT2D eigenvalue weighted by Gasteiger charge is -2.46. The first-order valence-corrected chi connectivity index (χ1v) is 12.6. The van der Waals surface area contributed by atoms with Gasteiger partial charge in [-0.3, -0.25) is 9.69 Å². The molecule has 0 amide bonds. The number of aryl methyl sites for hydroxylation is 1. The molecule has 7 heteroatoms. The van der Waals surface area contributed by atoms with Gasteiger partial charge < -0.3 is 14.1 Å². The summed E-state index contributed by atoms with van der Waals surface area (Å²) in [5.41, 5.74) is 5.60. The molecule has 1 atom stereocenters. The Kier molecular flexibility index (Phi) is 5.70. The zero-order valence-corrected chi connectivity index (χ0v) is 21.3. The molecular formula is C30H29N3O4. The molecule has 0 spiro atoms. The van der Waals surface area contributed by atoms with Gasteiger partial charge in [-0.1, -0.05) is 47.6 Å². The second-order valence-electron chi connectivity index (χ2n) is 10.1. The quantitative estimate of drug-likeness (QED) is 0.233. The largest absolute Gasteiger partial charge is 0.379 e. The van der Waals surface area contributed by atoms with Crippen molar-refractivity contribution in [1.82, 2.24) is 9.47 Å². The molecule has 0 aliphatic carbocycles. The predicted molar refractivity (Wildman–Crippen MR) is 143 cm³/mol. The predicted octanol–water partition coefficient (Wildman–Crippen LogP) is 4.71. The summed E-state index contributed by atoms with van der Waals surface area (Å²) >= 11 is 0. The fourth-order valence-electron chi connectivity index (χ4n) is 5.88. The van der Waals surface area contributed by atoms with Crippen LogP contribution in [0.15, 0.2) is 65.8 Å². The summed E-state index contributed by atoms with van der Waals surface area (Å²) in [4.78, 5) is 32.8. The van der Waals surface area contributed by atoms with E-state index in [9.17, 15) is 9.59 Å². The molecule has 37 heavy (non-hydrogen) atoms. The van der Waals surface area contributed by atoms with Crippen LogP contribution in [-0.4, -0.2) is 58.8 Å². The highest BCUT2D eigenvalue weighted by molar-refractivity contribution is 6.22. The molecule has 3 heterocycles. The van der Waals surface area contributed by atoms with Gasteiger partial charge in [0.15, 0.2) is 5.78 Å². The van der Waals surface area contributed by atoms with Crippen molar-refractivity contribution in [3.63, 3.8) is 0 Å². The van der Waals surface area contributed by atoms with Crippen molar-refractivity contribution in [2.45, 2.75) is 32.9 Å². The van der Waals surface area contributed by atoms with E-state index in [1.165, 1.54) is 6.92 Å². The molecule has 6 rings (SSSR count). The highest BCUT2D eigenvalue weighted by Crippen LogP contribution is 2.40. The molecule has 4 aromatic rings. The smallest absolute Gasteiger partial charge is 0.331 e. The van der Waals surface area contributed by atoms with E-state index in [-0.39, 0.29) is 5.78 Å². The number of fused-ring (bicyclic) bond motifs is 3. The van der Waals surface area contributed by atoms with Crippen molar-refractivity contribution >= 4 is 39.3 Å². The molecule has 1 unspecified atom stereocenters. The molecule has 3 aromatic carbocycles. The van der Waals surface area contributed by atoms with Crippen LogP contribution >= 0.6 is 0 Å². The Labute approximate surface area is 215 Å². The number of hydrogen-bond donors (Lipinski definition) is 0. The van der Waals surface area contributed by atoms with Gasteiger partial charge in [-0.15, -0.1) is 0 Å². The molecule has 2 aliphatic heterocycles. The van der Waals surface area contributed by atoms with Crippen LogP contribution in [-0.2, 0) is 20.9 Å². The van der Waals surface area contributed by atoms with E-state index in [2.05, 4.69) is 33.7 Å². The number of hydrogen-bond acceptors (Lipinski definition) is 6. The summed E-state index contributed by atoms with van der Waals surface area (Å²) in [6.45, 7) is 8.92. The molecular weight excluding hydrogens is 466 g/mol. The topological polar surface area (TPSA) is 73.1 Å². The summed E-state index contributed by atoms with van der Waals surface area (Å²) in [5, 5.41) is 6.49. The average Bonchev–Trinajstić information content (AvgIpc) is 3.22. The van der Waals surface area contributed by atoms with Gasteiger partial charge in [0.1, 0.15) is 5.71 Å². The highest BCUT2D eigenvalue weighted by Gasteiger charge is 2.44. The third-order valence-corrected chi connectivity index (χ3v) is 7.74. The number of ketones is 1. The molecule has 1 aromatic heterocycles. The fraction of sp³-hybridized carbons (Fsp3) is 0.300. The van der Waals surface area contributed by atoms with E-state index in [0.29, 0.717) is 30.9 Å². The van der Waals surface area contributed by atoms with Gasteiger partial charge in [0.25, 0.3) is 0 Å². The van der Waals surface area contributed by atoms with E-state index in [0.717, 1.165) is 51.7 Å². The number of ether oxygens (including phenoxy) is 1. The number of nitrogens with zero attached hydrogens (tertiary/aromatic N) is 3. The molecule has 1 saturated heterocycles. The summed E-state index contributed by atoms with van der Waals surface area (Å²) in [6.07, 6.45) is 0. The number of para-hydroxylation sites is 1. The van der Waals surface area contributed by atoms with Gasteiger partial charge in [0.2, 0.25) is 0 Å². The normalized spacial score (nSPS) is 21.0. The standard InChI is InChI=1S/C30H29N3O4/c1-19-7-4-5-8-22(19)28(35)21-11-12-26-25(17-21)23-9-6-10-24-27(23)33(26)18-30(3,29(24)31-37-20(2)34)32-13-15-36-16-14-32/h4-12,17H,13-16,18H2,1-3H3/b31-29-. The van der Waals surface area contributed by atoms with E-state index >= 15 is 0 Å². The minimum Gasteiger partial charge on any atom is -0.379 e. The van der Waals surface area contributed by atoms with Crippen molar-refractivity contribution in [3.05, 3.63) is 82.9 Å². The average molecular weight is 496 g/mol. The zero-order chi connectivity index (χ0) is 25.7. The molecule has 0 saturated carbocycles. The van der Waals surface area contributed by atoms with Gasteiger partial charge in [-0.2, -0.15) is 0 Å². The number of carbonyl (C=O) groups excluding carboxylic acids is 2. The minimum absolute atomic E-state index is 0.0159. The minimum atomic E-state index is -0.512. The molecule has 0 radical (unpaired) electrons. The Morgan fingerprint density at radius 3 is 2.54 bits per heavy atom. The molecule has 7 nitrogen and oxygen atoms in total. The number of aromatic nitrogens is 1. The second kappa shape index (κ2) is 8.94. The first kappa shape index (κ1) is 23.6. The van der Waals surface area contributed by atoms with Crippen LogP contribution in [0.25, 0.3) is 21.8 Å². The van der Waals surface area contributed by atoms with E-state index in [1.807, 2.05) is 55.5 Å². The summed E-state index contributed by atoms with van der Waals surface area (Å²) < 4.78 is 7.95. The van der Waals surface area contributed by atoms with Crippen molar-refractivity contribution in [1.29, 1.82) is 0 Å². The van der Waals surface area contributed by atoms with Gasteiger partial charge in [0.05, 0.1) is 24.3 Å².